The van der Waals surface area contributed by atoms with Gasteiger partial charge in [0.05, 0.1) is 13.5 Å². The molecule has 2 amide bonds. The number of rotatable bonds is 5. The molecule has 1 N–H and O–H groups in total. The maximum atomic E-state index is 12.8. The molecule has 5 heteroatoms. The lowest BCUT2D eigenvalue weighted by molar-refractivity contribution is -0.141. The van der Waals surface area contributed by atoms with E-state index in [0.717, 1.165) is 22.4 Å². The lowest BCUT2D eigenvalue weighted by atomic mass is 9.91. The van der Waals surface area contributed by atoms with Crippen molar-refractivity contribution in [2.75, 3.05) is 13.7 Å². The van der Waals surface area contributed by atoms with Crippen molar-refractivity contribution in [3.63, 3.8) is 0 Å². The molecule has 2 aromatic rings. The Kier molecular flexibility index (Phi) is 5.03. The fraction of sp³-hybridized carbons (Fsp3) is 0.300. The molecule has 0 radical (unpaired) electrons. The summed E-state index contributed by atoms with van der Waals surface area (Å²) in [5, 5.41) is 2.96. The number of methoxy groups -OCH3 is 1. The number of hydrogen-bond donors (Lipinski definition) is 1. The molecular formula is C20H22N2O3. The van der Waals surface area contributed by atoms with E-state index in [1.54, 1.807) is 12.0 Å². The zero-order chi connectivity index (χ0) is 17.8. The Balaban J connectivity index is 1.78. The van der Waals surface area contributed by atoms with Crippen LogP contribution in [0.4, 0.5) is 0 Å². The van der Waals surface area contributed by atoms with Gasteiger partial charge in [0.1, 0.15) is 11.8 Å². The number of likely N-dealkylation sites (N-methyl/N-ethyl adjacent to an activating group) is 1. The highest BCUT2D eigenvalue weighted by molar-refractivity contribution is 5.92. The van der Waals surface area contributed by atoms with Gasteiger partial charge in [-0.25, -0.2) is 0 Å². The molecule has 0 bridgehead atoms. The molecular weight excluding hydrogens is 316 g/mol. The van der Waals surface area contributed by atoms with Crippen molar-refractivity contribution in [1.82, 2.24) is 10.2 Å². The van der Waals surface area contributed by atoms with Crippen molar-refractivity contribution < 1.29 is 14.3 Å². The minimum atomic E-state index is -0.569. The molecule has 0 saturated heterocycles. The predicted molar refractivity (Wildman–Crippen MR) is 95.1 cm³/mol. The zero-order valence-corrected chi connectivity index (χ0v) is 14.5. The van der Waals surface area contributed by atoms with Gasteiger partial charge in [-0.3, -0.25) is 9.59 Å². The number of carbonyl (C=O) groups excluding carboxylic acids is 2. The normalized spacial score (nSPS) is 16.3. The van der Waals surface area contributed by atoms with E-state index < -0.39 is 6.04 Å². The van der Waals surface area contributed by atoms with Crippen molar-refractivity contribution in [3.8, 4) is 5.75 Å². The van der Waals surface area contributed by atoms with E-state index in [1.807, 2.05) is 55.5 Å². The molecule has 0 saturated carbocycles. The van der Waals surface area contributed by atoms with Crippen LogP contribution in [0.15, 0.2) is 48.5 Å². The molecule has 5 nitrogen and oxygen atoms in total. The summed E-state index contributed by atoms with van der Waals surface area (Å²) in [6.45, 7) is 2.82. The third kappa shape index (κ3) is 3.50. The maximum absolute atomic E-state index is 12.8. The van der Waals surface area contributed by atoms with Gasteiger partial charge in [-0.15, -0.1) is 0 Å². The van der Waals surface area contributed by atoms with Gasteiger partial charge in [0.25, 0.3) is 0 Å². The summed E-state index contributed by atoms with van der Waals surface area (Å²) >= 11 is 0. The van der Waals surface area contributed by atoms with Gasteiger partial charge in [0.2, 0.25) is 11.8 Å². The fourth-order valence-corrected chi connectivity index (χ4v) is 3.21. The number of ether oxygens (including phenoxy) is 1. The lowest BCUT2D eigenvalue weighted by Crippen LogP contribution is -2.47. The van der Waals surface area contributed by atoms with E-state index in [2.05, 4.69) is 5.32 Å². The van der Waals surface area contributed by atoms with E-state index in [1.165, 1.54) is 0 Å². The van der Waals surface area contributed by atoms with E-state index in [-0.39, 0.29) is 11.8 Å². The van der Waals surface area contributed by atoms with E-state index in [9.17, 15) is 9.59 Å². The van der Waals surface area contributed by atoms with E-state index >= 15 is 0 Å². The Morgan fingerprint density at radius 2 is 1.92 bits per heavy atom. The Labute approximate surface area is 147 Å². The smallest absolute Gasteiger partial charge is 0.247 e. The molecule has 0 aromatic heterocycles. The fourth-order valence-electron chi connectivity index (χ4n) is 3.21. The highest BCUT2D eigenvalue weighted by Crippen LogP contribution is 2.30. The summed E-state index contributed by atoms with van der Waals surface area (Å²) in [6.07, 6.45) is 0.353. The first-order valence-electron chi connectivity index (χ1n) is 8.42. The second-order valence-corrected chi connectivity index (χ2v) is 6.02. The highest BCUT2D eigenvalue weighted by atomic mass is 16.5. The van der Waals surface area contributed by atoms with Crippen molar-refractivity contribution >= 4 is 11.8 Å². The van der Waals surface area contributed by atoms with Crippen molar-refractivity contribution in [1.29, 1.82) is 0 Å². The first-order valence-corrected chi connectivity index (χ1v) is 8.42. The molecule has 1 unspecified atom stereocenters. The van der Waals surface area contributed by atoms with E-state index in [4.69, 9.17) is 4.74 Å². The number of nitrogens with one attached hydrogen (secondary N) is 1. The van der Waals surface area contributed by atoms with Gasteiger partial charge in [0.15, 0.2) is 0 Å². The quantitative estimate of drug-likeness (QED) is 0.911. The second-order valence-electron chi connectivity index (χ2n) is 6.02. The number of carbonyl (C=O) groups is 2. The summed E-state index contributed by atoms with van der Waals surface area (Å²) in [4.78, 5) is 26.9. The molecule has 1 aliphatic rings. The zero-order valence-electron chi connectivity index (χ0n) is 14.5. The van der Waals surface area contributed by atoms with Crippen LogP contribution in [0.25, 0.3) is 0 Å². The second kappa shape index (κ2) is 7.38. The summed E-state index contributed by atoms with van der Waals surface area (Å²) < 4.78 is 5.14. The van der Waals surface area contributed by atoms with Gasteiger partial charge in [-0.2, -0.15) is 0 Å². The first-order chi connectivity index (χ1) is 12.1. The van der Waals surface area contributed by atoms with Crippen molar-refractivity contribution in [2.24, 2.45) is 0 Å². The van der Waals surface area contributed by atoms with Crippen LogP contribution in [0.1, 0.15) is 29.7 Å². The SMILES string of the molecule is CCN1C(=O)Cc2ccccc2C1C(=O)NCc1ccc(OC)cc1. The van der Waals surface area contributed by atoms with Gasteiger partial charge in [-0.1, -0.05) is 36.4 Å². The van der Waals surface area contributed by atoms with Crippen molar-refractivity contribution in [2.45, 2.75) is 25.9 Å². The largest absolute Gasteiger partial charge is 0.497 e. The molecule has 25 heavy (non-hydrogen) atoms. The van der Waals surface area contributed by atoms with Crippen LogP contribution in [0.3, 0.4) is 0 Å². The minimum absolute atomic E-state index is 0.00852. The van der Waals surface area contributed by atoms with Gasteiger partial charge in [-0.05, 0) is 35.7 Å². The number of benzene rings is 2. The Bertz CT molecular complexity index is 771. The Morgan fingerprint density at radius 3 is 2.60 bits per heavy atom. The number of nitrogens with zero attached hydrogens (tertiary/aromatic N) is 1. The Hall–Kier alpha value is -2.82. The third-order valence-electron chi connectivity index (χ3n) is 4.54. The first kappa shape index (κ1) is 17.0. The maximum Gasteiger partial charge on any atom is 0.247 e. The van der Waals surface area contributed by atoms with E-state index in [0.29, 0.717) is 19.5 Å². The number of amides is 2. The monoisotopic (exact) mass is 338 g/mol. The highest BCUT2D eigenvalue weighted by Gasteiger charge is 2.35. The van der Waals surface area contributed by atoms with Crippen LogP contribution >= 0.6 is 0 Å². The predicted octanol–water partition coefficient (Wildman–Crippen LogP) is 2.46. The van der Waals surface area contributed by atoms with Crippen LogP contribution in [-0.2, 0) is 22.6 Å². The molecule has 0 aliphatic carbocycles. The molecule has 3 rings (SSSR count). The van der Waals surface area contributed by atoms with Gasteiger partial charge < -0.3 is 15.0 Å². The van der Waals surface area contributed by atoms with Crippen LogP contribution in [0.2, 0.25) is 0 Å². The lowest BCUT2D eigenvalue weighted by Gasteiger charge is -2.35. The van der Waals surface area contributed by atoms with Crippen molar-refractivity contribution in [3.05, 3.63) is 65.2 Å². The molecule has 2 aromatic carbocycles. The van der Waals surface area contributed by atoms with Gasteiger partial charge in [0, 0.05) is 13.1 Å². The Morgan fingerprint density at radius 1 is 1.20 bits per heavy atom. The molecule has 0 fully saturated rings. The third-order valence-corrected chi connectivity index (χ3v) is 4.54. The summed E-state index contributed by atoms with van der Waals surface area (Å²) in [6, 6.07) is 14.6. The summed E-state index contributed by atoms with van der Waals surface area (Å²) in [7, 11) is 1.62. The van der Waals surface area contributed by atoms with Crippen LogP contribution in [-0.4, -0.2) is 30.4 Å². The average molecular weight is 338 g/mol. The molecule has 1 atom stereocenters. The molecule has 1 heterocycles. The number of hydrogen-bond acceptors (Lipinski definition) is 3. The average Bonchev–Trinajstić information content (AvgIpc) is 2.65. The summed E-state index contributed by atoms with van der Waals surface area (Å²) in [5.41, 5.74) is 2.82. The van der Waals surface area contributed by atoms with Crippen LogP contribution in [0, 0.1) is 0 Å². The minimum Gasteiger partial charge on any atom is -0.497 e. The topological polar surface area (TPSA) is 58.6 Å². The molecule has 0 spiro atoms. The standard InChI is InChI=1S/C20H22N2O3/c1-3-22-18(23)12-15-6-4-5-7-17(15)19(22)20(24)21-13-14-8-10-16(25-2)11-9-14/h4-11,19H,3,12-13H2,1-2H3,(H,21,24). The molecule has 1 aliphatic heterocycles. The van der Waals surface area contributed by atoms with Gasteiger partial charge >= 0.3 is 0 Å². The van der Waals surface area contributed by atoms with Crippen LogP contribution in [0.5, 0.6) is 5.75 Å². The number of fused-ring (bicyclic) bond motifs is 1. The molecule has 130 valence electrons. The summed E-state index contributed by atoms with van der Waals surface area (Å²) in [5.74, 6) is 0.614. The van der Waals surface area contributed by atoms with Crippen LogP contribution < -0.4 is 10.1 Å².